The lowest BCUT2D eigenvalue weighted by molar-refractivity contribution is -0.138. The van der Waals surface area contributed by atoms with Crippen molar-refractivity contribution in [1.82, 2.24) is 10.2 Å². The molecule has 0 spiro atoms. The second-order valence-electron chi connectivity index (χ2n) is 7.27. The Bertz CT molecular complexity index is 1070. The fourth-order valence-corrected chi connectivity index (χ4v) is 3.71. The summed E-state index contributed by atoms with van der Waals surface area (Å²) in [6, 6.07) is 9.57. The highest BCUT2D eigenvalue weighted by Gasteiger charge is 2.41. The summed E-state index contributed by atoms with van der Waals surface area (Å²) in [7, 11) is 2.89. The van der Waals surface area contributed by atoms with Crippen LogP contribution in [0.15, 0.2) is 59.8 Å². The Morgan fingerprint density at radius 1 is 1.12 bits per heavy atom. The van der Waals surface area contributed by atoms with Crippen LogP contribution in [0.3, 0.4) is 0 Å². The Balaban J connectivity index is 2.12. The van der Waals surface area contributed by atoms with E-state index < -0.39 is 29.7 Å². The molecule has 7 nitrogen and oxygen atoms in total. The zero-order valence-electron chi connectivity index (χ0n) is 18.3. The van der Waals surface area contributed by atoms with Crippen LogP contribution in [0.4, 0.5) is 23.7 Å². The molecule has 33 heavy (non-hydrogen) atoms. The number of amides is 3. The Hall–Kier alpha value is -3.53. The first-order chi connectivity index (χ1) is 15.7. The number of carbonyl (C=O) groups is 2. The smallest absolute Gasteiger partial charge is 0.416 e. The van der Waals surface area contributed by atoms with Gasteiger partial charge in [0.2, 0.25) is 0 Å². The maximum atomic E-state index is 13.7. The van der Waals surface area contributed by atoms with Crippen LogP contribution in [-0.4, -0.2) is 44.2 Å². The molecule has 0 saturated heterocycles. The number of hydrogen-bond donors (Lipinski definition) is 2. The van der Waals surface area contributed by atoms with Crippen molar-refractivity contribution < 1.29 is 32.2 Å². The number of ether oxygens (including phenoxy) is 2. The van der Waals surface area contributed by atoms with Gasteiger partial charge in [0.25, 0.3) is 5.91 Å². The Labute approximate surface area is 189 Å². The van der Waals surface area contributed by atoms with E-state index in [0.29, 0.717) is 11.4 Å². The van der Waals surface area contributed by atoms with Gasteiger partial charge in [0.05, 0.1) is 43.1 Å². The first kappa shape index (κ1) is 24.1. The molecule has 2 N–H and O–H groups in total. The predicted octanol–water partition coefficient (Wildman–Crippen LogP) is 4.34. The number of para-hydroxylation sites is 2. The van der Waals surface area contributed by atoms with Crippen LogP contribution in [-0.2, 0) is 15.7 Å². The second-order valence-corrected chi connectivity index (χ2v) is 7.27. The van der Waals surface area contributed by atoms with Gasteiger partial charge in [-0.1, -0.05) is 30.3 Å². The summed E-state index contributed by atoms with van der Waals surface area (Å²) in [6.07, 6.45) is -4.67. The molecule has 1 heterocycles. The van der Waals surface area contributed by atoms with Crippen LogP contribution in [0.2, 0.25) is 0 Å². The fourth-order valence-electron chi connectivity index (χ4n) is 3.71. The van der Waals surface area contributed by atoms with E-state index in [9.17, 15) is 22.8 Å². The van der Waals surface area contributed by atoms with E-state index in [4.69, 9.17) is 9.47 Å². The number of urea groups is 1. The molecule has 0 unspecified atom stereocenters. The predicted molar refractivity (Wildman–Crippen MR) is 116 cm³/mol. The van der Waals surface area contributed by atoms with Crippen molar-refractivity contribution >= 4 is 17.6 Å². The second kappa shape index (κ2) is 9.95. The number of allylic oxidation sites excluding steroid dienone is 1. The molecule has 176 valence electrons. The molecular formula is C23H24F3N3O4. The molecular weight excluding hydrogens is 439 g/mol. The minimum atomic E-state index is -4.67. The van der Waals surface area contributed by atoms with Crippen molar-refractivity contribution in [3.63, 3.8) is 0 Å². The molecule has 10 heteroatoms. The van der Waals surface area contributed by atoms with Gasteiger partial charge in [-0.25, -0.2) is 4.79 Å². The van der Waals surface area contributed by atoms with Gasteiger partial charge in [0, 0.05) is 12.8 Å². The van der Waals surface area contributed by atoms with Crippen molar-refractivity contribution in [2.75, 3.05) is 32.7 Å². The van der Waals surface area contributed by atoms with Gasteiger partial charge in [0.15, 0.2) is 0 Å². The fraction of sp³-hybridized carbons (Fsp3) is 0.304. The summed E-state index contributed by atoms with van der Waals surface area (Å²) in [5.74, 6) is -0.283. The highest BCUT2D eigenvalue weighted by atomic mass is 19.4. The van der Waals surface area contributed by atoms with Gasteiger partial charge in [-0.15, -0.1) is 0 Å². The number of carbonyl (C=O) groups excluding carboxylic acids is 2. The van der Waals surface area contributed by atoms with Crippen LogP contribution in [0, 0.1) is 0 Å². The zero-order valence-corrected chi connectivity index (χ0v) is 18.3. The standard InChI is InChI=1S/C23H24F3N3O4/c1-14-19(21(30)27-17-10-6-7-11-18(17)33-3)20(28-22(31)29(14)12-13-32-2)15-8-4-5-9-16(15)23(24,25)26/h4-11,20H,12-13H2,1-3H3,(H,27,30)(H,28,31)/t20-/m1/s1. The van der Waals surface area contributed by atoms with E-state index >= 15 is 0 Å². The lowest BCUT2D eigenvalue weighted by Gasteiger charge is -2.36. The average molecular weight is 463 g/mol. The highest BCUT2D eigenvalue weighted by molar-refractivity contribution is 6.07. The molecule has 1 aliphatic heterocycles. The number of rotatable bonds is 7. The van der Waals surface area contributed by atoms with Crippen molar-refractivity contribution in [3.8, 4) is 5.75 Å². The number of anilines is 1. The summed E-state index contributed by atoms with van der Waals surface area (Å²) in [4.78, 5) is 27.4. The molecule has 2 aromatic rings. The Kier molecular flexibility index (Phi) is 7.27. The molecule has 0 aliphatic carbocycles. The van der Waals surface area contributed by atoms with E-state index in [1.165, 1.54) is 44.2 Å². The molecule has 1 aliphatic rings. The van der Waals surface area contributed by atoms with Crippen LogP contribution in [0.1, 0.15) is 24.1 Å². The summed E-state index contributed by atoms with van der Waals surface area (Å²) < 4.78 is 51.5. The molecule has 0 saturated carbocycles. The van der Waals surface area contributed by atoms with Gasteiger partial charge in [-0.05, 0) is 30.7 Å². The van der Waals surface area contributed by atoms with E-state index in [1.54, 1.807) is 24.3 Å². The SMILES string of the molecule is COCCN1C(=O)N[C@H](c2ccccc2C(F)(F)F)C(C(=O)Nc2ccccc2OC)=C1C. The van der Waals surface area contributed by atoms with Crippen molar-refractivity contribution in [2.24, 2.45) is 0 Å². The molecule has 2 aromatic carbocycles. The van der Waals surface area contributed by atoms with Gasteiger partial charge >= 0.3 is 12.2 Å². The van der Waals surface area contributed by atoms with Crippen molar-refractivity contribution in [1.29, 1.82) is 0 Å². The minimum Gasteiger partial charge on any atom is -0.495 e. The molecule has 3 rings (SSSR count). The van der Waals surface area contributed by atoms with Crippen LogP contribution in [0.25, 0.3) is 0 Å². The summed E-state index contributed by atoms with van der Waals surface area (Å²) >= 11 is 0. The number of methoxy groups -OCH3 is 2. The lowest BCUT2D eigenvalue weighted by Crippen LogP contribution is -2.49. The van der Waals surface area contributed by atoms with Gasteiger partial charge in [-0.2, -0.15) is 13.2 Å². The van der Waals surface area contributed by atoms with Gasteiger partial charge in [0.1, 0.15) is 5.75 Å². The topological polar surface area (TPSA) is 79.9 Å². The molecule has 3 amide bonds. The zero-order chi connectivity index (χ0) is 24.2. The minimum absolute atomic E-state index is 0.0201. The molecule has 1 atom stereocenters. The number of hydrogen-bond acceptors (Lipinski definition) is 4. The number of nitrogens with one attached hydrogen (secondary N) is 2. The first-order valence-electron chi connectivity index (χ1n) is 10.1. The van der Waals surface area contributed by atoms with E-state index in [2.05, 4.69) is 10.6 Å². The first-order valence-corrected chi connectivity index (χ1v) is 10.1. The van der Waals surface area contributed by atoms with E-state index in [1.807, 2.05) is 0 Å². The van der Waals surface area contributed by atoms with Crippen LogP contribution >= 0.6 is 0 Å². The summed E-state index contributed by atoms with van der Waals surface area (Å²) in [5, 5.41) is 5.26. The molecule has 0 fully saturated rings. The normalized spacial score (nSPS) is 16.5. The maximum Gasteiger partial charge on any atom is 0.416 e. The van der Waals surface area contributed by atoms with Crippen LogP contribution in [0.5, 0.6) is 5.75 Å². The van der Waals surface area contributed by atoms with Gasteiger partial charge in [-0.3, -0.25) is 9.69 Å². The quantitative estimate of drug-likeness (QED) is 0.640. The van der Waals surface area contributed by atoms with E-state index in [0.717, 1.165) is 6.07 Å². The summed E-state index contributed by atoms with van der Waals surface area (Å²) in [6.45, 7) is 1.82. The third-order valence-corrected chi connectivity index (χ3v) is 5.29. The maximum absolute atomic E-state index is 13.7. The molecule has 0 aromatic heterocycles. The Morgan fingerprint density at radius 3 is 2.45 bits per heavy atom. The van der Waals surface area contributed by atoms with Crippen LogP contribution < -0.4 is 15.4 Å². The monoisotopic (exact) mass is 463 g/mol. The highest BCUT2D eigenvalue weighted by Crippen LogP contribution is 2.39. The average Bonchev–Trinajstić information content (AvgIpc) is 2.78. The number of alkyl halides is 3. The van der Waals surface area contributed by atoms with Gasteiger partial charge < -0.3 is 20.1 Å². The Morgan fingerprint density at radius 2 is 1.79 bits per heavy atom. The van der Waals surface area contributed by atoms with Crippen molar-refractivity contribution in [3.05, 3.63) is 70.9 Å². The summed E-state index contributed by atoms with van der Waals surface area (Å²) in [5.41, 5.74) is -0.614. The molecule has 0 radical (unpaired) electrons. The lowest BCUT2D eigenvalue weighted by atomic mass is 9.90. The number of halogens is 3. The third kappa shape index (κ3) is 5.11. The molecule has 0 bridgehead atoms. The van der Waals surface area contributed by atoms with Crippen molar-refractivity contribution in [2.45, 2.75) is 19.1 Å². The number of benzene rings is 2. The largest absolute Gasteiger partial charge is 0.495 e. The number of nitrogens with zero attached hydrogens (tertiary/aromatic N) is 1. The third-order valence-electron chi connectivity index (χ3n) is 5.29. The van der Waals surface area contributed by atoms with E-state index in [-0.39, 0.29) is 30.0 Å².